The van der Waals surface area contributed by atoms with Gasteiger partial charge < -0.3 is 14.2 Å². The molecular weight excluding hydrogens is 162 g/mol. The second-order valence-corrected chi connectivity index (χ2v) is 2.85. The van der Waals surface area contributed by atoms with Crippen LogP contribution in [0.15, 0.2) is 0 Å². The molecule has 0 aromatic heterocycles. The van der Waals surface area contributed by atoms with Gasteiger partial charge in [-0.3, -0.25) is 4.90 Å². The van der Waals surface area contributed by atoms with Gasteiger partial charge in [0.2, 0.25) is 0 Å². The summed E-state index contributed by atoms with van der Waals surface area (Å²) in [5.41, 5.74) is 0. The number of hydrogen-bond acceptors (Lipinski definition) is 5. The van der Waals surface area contributed by atoms with E-state index in [0.717, 1.165) is 13.1 Å². The highest BCUT2D eigenvalue weighted by Gasteiger charge is 2.53. The first-order valence-corrected chi connectivity index (χ1v) is 4.02. The van der Waals surface area contributed by atoms with E-state index >= 15 is 0 Å². The Morgan fingerprint density at radius 2 is 2.33 bits per heavy atom. The highest BCUT2D eigenvalue weighted by atomic mass is 17.0. The molecule has 0 N–H and O–H groups in total. The molecule has 0 bridgehead atoms. The van der Waals surface area contributed by atoms with Gasteiger partial charge in [-0.15, -0.1) is 0 Å². The van der Waals surface area contributed by atoms with E-state index in [1.165, 1.54) is 0 Å². The van der Waals surface area contributed by atoms with Crippen LogP contribution in [-0.2, 0) is 14.2 Å². The fraction of sp³-hybridized carbons (Fsp3) is 0.857. The van der Waals surface area contributed by atoms with Crippen molar-refractivity contribution in [3.05, 3.63) is 0 Å². The highest BCUT2D eigenvalue weighted by molar-refractivity contribution is 5.65. The number of morpholine rings is 1. The molecule has 68 valence electrons. The number of hydrogen-bond donors (Lipinski definition) is 0. The summed E-state index contributed by atoms with van der Waals surface area (Å²) in [6.07, 6.45) is -0.645. The predicted molar refractivity (Wildman–Crippen MR) is 38.4 cm³/mol. The van der Waals surface area contributed by atoms with Gasteiger partial charge in [0, 0.05) is 6.54 Å². The number of rotatable bonds is 1. The summed E-state index contributed by atoms with van der Waals surface area (Å²) >= 11 is 0. The number of nitrogens with zero attached hydrogens (tertiary/aromatic N) is 1. The molecule has 2 fully saturated rings. The molecule has 0 saturated carbocycles. The van der Waals surface area contributed by atoms with Gasteiger partial charge in [0.15, 0.2) is 0 Å². The monoisotopic (exact) mass is 173 g/mol. The van der Waals surface area contributed by atoms with Crippen LogP contribution in [0.1, 0.15) is 6.92 Å². The summed E-state index contributed by atoms with van der Waals surface area (Å²) in [6.45, 7) is 4.86. The topological polar surface area (TPSA) is 48.0 Å². The van der Waals surface area contributed by atoms with Gasteiger partial charge >= 0.3 is 12.1 Å². The number of carbonyl (C=O) groups excluding carboxylic acids is 1. The van der Waals surface area contributed by atoms with Crippen LogP contribution in [0, 0.1) is 0 Å². The van der Waals surface area contributed by atoms with Gasteiger partial charge in [-0.25, -0.2) is 4.79 Å². The second kappa shape index (κ2) is 2.60. The molecule has 0 unspecified atom stereocenters. The van der Waals surface area contributed by atoms with E-state index in [4.69, 9.17) is 14.2 Å². The van der Waals surface area contributed by atoms with Crippen molar-refractivity contribution in [2.75, 3.05) is 26.2 Å². The molecule has 2 rings (SSSR count). The maximum Gasteiger partial charge on any atom is 0.518 e. The lowest BCUT2D eigenvalue weighted by atomic mass is 10.3. The van der Waals surface area contributed by atoms with Crippen LogP contribution in [0.25, 0.3) is 0 Å². The van der Waals surface area contributed by atoms with Crippen LogP contribution in [0.2, 0.25) is 0 Å². The lowest BCUT2D eigenvalue weighted by molar-refractivity contribution is -0.419. The van der Waals surface area contributed by atoms with Crippen molar-refractivity contribution in [2.45, 2.75) is 12.9 Å². The summed E-state index contributed by atoms with van der Waals surface area (Å²) < 4.78 is 14.7. The Labute approximate surface area is 70.2 Å². The zero-order valence-electron chi connectivity index (χ0n) is 6.91. The molecule has 1 spiro atoms. The molecule has 0 aromatic carbocycles. The Bertz CT molecular complexity index is 198. The van der Waals surface area contributed by atoms with Gasteiger partial charge in [0.25, 0.3) is 0 Å². The SMILES string of the molecule is CCN1CCOC2(C1)OC(=O)O2. The Hall–Kier alpha value is -0.810. The van der Waals surface area contributed by atoms with E-state index in [-0.39, 0.29) is 0 Å². The summed E-state index contributed by atoms with van der Waals surface area (Å²) in [7, 11) is 0. The zero-order valence-corrected chi connectivity index (χ0v) is 6.91. The predicted octanol–water partition coefficient (Wildman–Crippen LogP) is 0.159. The molecule has 0 atom stereocenters. The molecule has 0 amide bonds. The average molecular weight is 173 g/mol. The smallest absolute Gasteiger partial charge is 0.364 e. The van der Waals surface area contributed by atoms with Crippen molar-refractivity contribution in [2.24, 2.45) is 0 Å². The van der Waals surface area contributed by atoms with Crippen molar-refractivity contribution in [1.29, 1.82) is 0 Å². The number of ether oxygens (including phenoxy) is 3. The van der Waals surface area contributed by atoms with Crippen LogP contribution in [0.5, 0.6) is 0 Å². The van der Waals surface area contributed by atoms with Crippen LogP contribution in [0.3, 0.4) is 0 Å². The minimum Gasteiger partial charge on any atom is -0.364 e. The van der Waals surface area contributed by atoms with E-state index in [1.807, 2.05) is 6.92 Å². The molecule has 12 heavy (non-hydrogen) atoms. The first kappa shape index (κ1) is 7.82. The average Bonchev–Trinajstić information content (AvgIpc) is 2.02. The summed E-state index contributed by atoms with van der Waals surface area (Å²) in [6, 6.07) is 0. The van der Waals surface area contributed by atoms with E-state index in [0.29, 0.717) is 13.2 Å². The fourth-order valence-corrected chi connectivity index (χ4v) is 1.38. The molecule has 5 nitrogen and oxygen atoms in total. The van der Waals surface area contributed by atoms with E-state index in [1.54, 1.807) is 0 Å². The molecule has 5 heteroatoms. The Morgan fingerprint density at radius 3 is 2.92 bits per heavy atom. The normalized spacial score (nSPS) is 27.6. The Morgan fingerprint density at radius 1 is 1.58 bits per heavy atom. The van der Waals surface area contributed by atoms with Crippen LogP contribution in [-0.4, -0.2) is 43.3 Å². The van der Waals surface area contributed by atoms with Crippen molar-refractivity contribution >= 4 is 6.16 Å². The molecular formula is C7H11NO4. The lowest BCUT2D eigenvalue weighted by Crippen LogP contribution is -2.62. The maximum absolute atomic E-state index is 10.4. The molecule has 2 aliphatic rings. The molecule has 0 aromatic rings. The fourth-order valence-electron chi connectivity index (χ4n) is 1.38. The molecule has 2 aliphatic heterocycles. The minimum absolute atomic E-state index is 0.509. The Balaban J connectivity index is 1.95. The van der Waals surface area contributed by atoms with Crippen LogP contribution in [0.4, 0.5) is 4.79 Å². The van der Waals surface area contributed by atoms with Gasteiger partial charge in [-0.2, -0.15) is 0 Å². The third-order valence-corrected chi connectivity index (χ3v) is 2.07. The van der Waals surface area contributed by atoms with E-state index in [9.17, 15) is 4.79 Å². The third kappa shape index (κ3) is 1.15. The van der Waals surface area contributed by atoms with E-state index < -0.39 is 12.1 Å². The summed E-state index contributed by atoms with van der Waals surface area (Å²) in [5, 5.41) is 0. The maximum atomic E-state index is 10.4. The van der Waals surface area contributed by atoms with Gasteiger partial charge in [0.1, 0.15) is 6.54 Å². The quantitative estimate of drug-likeness (QED) is 0.528. The lowest BCUT2D eigenvalue weighted by Gasteiger charge is -2.44. The van der Waals surface area contributed by atoms with Crippen LogP contribution >= 0.6 is 0 Å². The van der Waals surface area contributed by atoms with Crippen molar-refractivity contribution < 1.29 is 19.0 Å². The molecule has 2 heterocycles. The Kier molecular flexibility index (Phi) is 1.69. The van der Waals surface area contributed by atoms with Gasteiger partial charge in [-0.05, 0) is 6.54 Å². The summed E-state index contributed by atoms with van der Waals surface area (Å²) in [5.74, 6) is -1.08. The van der Waals surface area contributed by atoms with Crippen molar-refractivity contribution in [1.82, 2.24) is 4.90 Å². The van der Waals surface area contributed by atoms with Gasteiger partial charge in [-0.1, -0.05) is 6.92 Å². The zero-order chi connectivity index (χ0) is 8.60. The van der Waals surface area contributed by atoms with Crippen molar-refractivity contribution in [3.63, 3.8) is 0 Å². The largest absolute Gasteiger partial charge is 0.518 e. The minimum atomic E-state index is -1.08. The van der Waals surface area contributed by atoms with E-state index in [2.05, 4.69) is 4.90 Å². The third-order valence-electron chi connectivity index (χ3n) is 2.07. The summed E-state index contributed by atoms with van der Waals surface area (Å²) in [4.78, 5) is 12.5. The van der Waals surface area contributed by atoms with Crippen LogP contribution < -0.4 is 0 Å². The molecule has 0 aliphatic carbocycles. The first-order valence-electron chi connectivity index (χ1n) is 4.02. The number of likely N-dealkylation sites (N-methyl/N-ethyl adjacent to an activating group) is 1. The van der Waals surface area contributed by atoms with Gasteiger partial charge in [0.05, 0.1) is 6.61 Å². The molecule has 0 radical (unpaired) electrons. The number of carbonyl (C=O) groups is 1. The molecule has 2 saturated heterocycles. The highest BCUT2D eigenvalue weighted by Crippen LogP contribution is 2.29. The van der Waals surface area contributed by atoms with Crippen molar-refractivity contribution in [3.8, 4) is 0 Å². The second-order valence-electron chi connectivity index (χ2n) is 2.85. The standard InChI is InChI=1S/C7H11NO4/c1-2-8-3-4-10-7(5-8)11-6(9)12-7/h2-5H2,1H3. The first-order chi connectivity index (χ1) is 5.74.